The van der Waals surface area contributed by atoms with Crippen LogP contribution in [0.5, 0.6) is 0 Å². The molecule has 0 unspecified atom stereocenters. The molecule has 0 fully saturated rings. The van der Waals surface area contributed by atoms with Crippen LogP contribution in [0.4, 0.5) is 8.78 Å². The lowest BCUT2D eigenvalue weighted by Gasteiger charge is -2.06. The number of carbonyl (C=O) groups excluding carboxylic acids is 1. The summed E-state index contributed by atoms with van der Waals surface area (Å²) in [5.41, 5.74) is -0.466. The maximum atomic E-state index is 13.3. The average molecular weight is 278 g/mol. The standard InChI is InChI=1S/C11H10ClF2NO3/c12-7-5-8(13)6(4-9(7)14)11(18)15-3-1-2-10(16)17/h4-5H,1-3H2,(H,15,18)(H,16,17). The van der Waals surface area contributed by atoms with Gasteiger partial charge in [-0.15, -0.1) is 0 Å². The van der Waals surface area contributed by atoms with Crippen LogP contribution in [0.1, 0.15) is 23.2 Å². The van der Waals surface area contributed by atoms with Gasteiger partial charge >= 0.3 is 5.97 Å². The van der Waals surface area contributed by atoms with Crippen molar-refractivity contribution < 1.29 is 23.5 Å². The molecular formula is C11H10ClF2NO3. The molecule has 7 heteroatoms. The molecule has 0 aliphatic rings. The van der Waals surface area contributed by atoms with Crippen LogP contribution in [0, 0.1) is 11.6 Å². The highest BCUT2D eigenvalue weighted by molar-refractivity contribution is 6.30. The Kier molecular flexibility index (Phi) is 5.03. The molecule has 0 atom stereocenters. The summed E-state index contributed by atoms with van der Waals surface area (Å²) in [5, 5.41) is 10.3. The number of benzene rings is 1. The minimum absolute atomic E-state index is 0.0643. The lowest BCUT2D eigenvalue weighted by atomic mass is 10.2. The van der Waals surface area contributed by atoms with Crippen LogP contribution in [-0.4, -0.2) is 23.5 Å². The van der Waals surface area contributed by atoms with Crippen molar-refractivity contribution >= 4 is 23.5 Å². The minimum Gasteiger partial charge on any atom is -0.481 e. The molecule has 0 spiro atoms. The lowest BCUT2D eigenvalue weighted by Crippen LogP contribution is -2.26. The maximum absolute atomic E-state index is 13.3. The first-order chi connectivity index (χ1) is 8.41. The SMILES string of the molecule is O=C(O)CCCNC(=O)c1cc(F)c(Cl)cc1F. The van der Waals surface area contributed by atoms with Gasteiger partial charge in [-0.2, -0.15) is 0 Å². The number of carbonyl (C=O) groups is 2. The molecule has 0 radical (unpaired) electrons. The highest BCUT2D eigenvalue weighted by atomic mass is 35.5. The molecule has 0 bridgehead atoms. The molecule has 18 heavy (non-hydrogen) atoms. The van der Waals surface area contributed by atoms with Gasteiger partial charge in [0.2, 0.25) is 0 Å². The Hall–Kier alpha value is -1.69. The van der Waals surface area contributed by atoms with Crippen molar-refractivity contribution in [1.82, 2.24) is 5.32 Å². The number of hydrogen-bond acceptors (Lipinski definition) is 2. The van der Waals surface area contributed by atoms with E-state index in [1.807, 2.05) is 0 Å². The smallest absolute Gasteiger partial charge is 0.303 e. The second-order valence-corrected chi connectivity index (χ2v) is 3.91. The van der Waals surface area contributed by atoms with Crippen LogP contribution in [0.15, 0.2) is 12.1 Å². The molecule has 4 nitrogen and oxygen atoms in total. The highest BCUT2D eigenvalue weighted by Gasteiger charge is 2.15. The first-order valence-corrected chi connectivity index (χ1v) is 5.44. The Balaban J connectivity index is 2.62. The van der Waals surface area contributed by atoms with Crippen LogP contribution in [0.25, 0.3) is 0 Å². The van der Waals surface area contributed by atoms with Crippen LogP contribution in [-0.2, 0) is 4.79 Å². The molecule has 0 aliphatic heterocycles. The molecule has 98 valence electrons. The normalized spacial score (nSPS) is 10.2. The van der Waals surface area contributed by atoms with Crippen LogP contribution >= 0.6 is 11.6 Å². The minimum atomic E-state index is -0.993. The number of halogens is 3. The zero-order valence-corrected chi connectivity index (χ0v) is 9.93. The Morgan fingerprint density at radius 3 is 2.56 bits per heavy atom. The number of nitrogens with one attached hydrogen (secondary N) is 1. The third-order valence-electron chi connectivity index (χ3n) is 2.11. The topological polar surface area (TPSA) is 66.4 Å². The van der Waals surface area contributed by atoms with Crippen molar-refractivity contribution in [3.05, 3.63) is 34.4 Å². The maximum Gasteiger partial charge on any atom is 0.303 e. The fourth-order valence-corrected chi connectivity index (χ4v) is 1.38. The zero-order valence-electron chi connectivity index (χ0n) is 9.17. The van der Waals surface area contributed by atoms with Gasteiger partial charge in [0.25, 0.3) is 5.91 Å². The summed E-state index contributed by atoms with van der Waals surface area (Å²) in [4.78, 5) is 21.7. The Bertz CT molecular complexity index is 480. The van der Waals surface area contributed by atoms with Gasteiger partial charge in [-0.3, -0.25) is 9.59 Å². The predicted molar refractivity (Wildman–Crippen MR) is 60.6 cm³/mol. The van der Waals surface area contributed by atoms with E-state index < -0.39 is 34.1 Å². The lowest BCUT2D eigenvalue weighted by molar-refractivity contribution is -0.137. The summed E-state index contributed by atoms with van der Waals surface area (Å²) < 4.78 is 26.4. The predicted octanol–water partition coefficient (Wildman–Crippen LogP) is 2.21. The van der Waals surface area contributed by atoms with E-state index in [2.05, 4.69) is 5.32 Å². The summed E-state index contributed by atoms with van der Waals surface area (Å²) in [6.07, 6.45) is 0.0938. The van der Waals surface area contributed by atoms with E-state index in [4.69, 9.17) is 16.7 Å². The number of aliphatic carboxylic acids is 1. The molecule has 0 heterocycles. The van der Waals surface area contributed by atoms with Gasteiger partial charge in [-0.25, -0.2) is 8.78 Å². The summed E-state index contributed by atoms with van der Waals surface area (Å²) in [7, 11) is 0. The molecular weight excluding hydrogens is 268 g/mol. The van der Waals surface area contributed by atoms with E-state index >= 15 is 0 Å². The van der Waals surface area contributed by atoms with Crippen molar-refractivity contribution in [3.8, 4) is 0 Å². The molecule has 0 saturated heterocycles. The first-order valence-electron chi connectivity index (χ1n) is 5.06. The van der Waals surface area contributed by atoms with Crippen molar-refractivity contribution in [2.75, 3.05) is 6.54 Å². The van der Waals surface area contributed by atoms with Crippen molar-refractivity contribution in [3.63, 3.8) is 0 Å². The monoisotopic (exact) mass is 277 g/mol. The first kappa shape index (κ1) is 14.4. The van der Waals surface area contributed by atoms with E-state index in [1.54, 1.807) is 0 Å². The molecule has 1 amide bonds. The quantitative estimate of drug-likeness (QED) is 0.640. The molecule has 1 aromatic carbocycles. The molecule has 0 aliphatic carbocycles. The second kappa shape index (κ2) is 6.30. The van der Waals surface area contributed by atoms with Crippen LogP contribution in [0.2, 0.25) is 5.02 Å². The number of carboxylic acid groups (broad SMARTS) is 1. The summed E-state index contributed by atoms with van der Waals surface area (Å²) in [6, 6.07) is 1.41. The number of amides is 1. The summed E-state index contributed by atoms with van der Waals surface area (Å²) in [5.74, 6) is -3.63. The number of rotatable bonds is 5. The largest absolute Gasteiger partial charge is 0.481 e. The number of carboxylic acids is 1. The molecule has 0 aromatic heterocycles. The zero-order chi connectivity index (χ0) is 13.7. The van der Waals surface area contributed by atoms with E-state index in [0.29, 0.717) is 12.1 Å². The van der Waals surface area contributed by atoms with Gasteiger partial charge in [0.15, 0.2) is 0 Å². The van der Waals surface area contributed by atoms with Crippen LogP contribution < -0.4 is 5.32 Å². The Morgan fingerprint density at radius 1 is 1.28 bits per heavy atom. The fourth-order valence-electron chi connectivity index (χ4n) is 1.23. The Morgan fingerprint density at radius 2 is 1.94 bits per heavy atom. The van der Waals surface area contributed by atoms with E-state index in [0.717, 1.165) is 0 Å². The van der Waals surface area contributed by atoms with Crippen molar-refractivity contribution in [1.29, 1.82) is 0 Å². The van der Waals surface area contributed by atoms with E-state index in [9.17, 15) is 18.4 Å². The molecule has 1 rings (SSSR count). The summed E-state index contributed by atoms with van der Waals surface area (Å²) >= 11 is 5.34. The second-order valence-electron chi connectivity index (χ2n) is 3.50. The van der Waals surface area contributed by atoms with Gasteiger partial charge in [0.1, 0.15) is 11.6 Å². The third-order valence-corrected chi connectivity index (χ3v) is 2.40. The van der Waals surface area contributed by atoms with E-state index in [-0.39, 0.29) is 19.4 Å². The summed E-state index contributed by atoms with van der Waals surface area (Å²) in [6.45, 7) is 0.0643. The third kappa shape index (κ3) is 3.96. The van der Waals surface area contributed by atoms with Gasteiger partial charge in [-0.05, 0) is 18.6 Å². The van der Waals surface area contributed by atoms with Gasteiger partial charge in [0, 0.05) is 13.0 Å². The fraction of sp³-hybridized carbons (Fsp3) is 0.273. The molecule has 0 saturated carbocycles. The highest BCUT2D eigenvalue weighted by Crippen LogP contribution is 2.19. The van der Waals surface area contributed by atoms with Gasteiger partial charge < -0.3 is 10.4 Å². The van der Waals surface area contributed by atoms with Crippen LogP contribution in [0.3, 0.4) is 0 Å². The average Bonchev–Trinajstić information content (AvgIpc) is 2.28. The molecule has 1 aromatic rings. The van der Waals surface area contributed by atoms with Crippen molar-refractivity contribution in [2.24, 2.45) is 0 Å². The van der Waals surface area contributed by atoms with Gasteiger partial charge in [-0.1, -0.05) is 11.6 Å². The molecule has 2 N–H and O–H groups in total. The Labute approximate surface area is 107 Å². The van der Waals surface area contributed by atoms with E-state index in [1.165, 1.54) is 0 Å². The van der Waals surface area contributed by atoms with Gasteiger partial charge in [0.05, 0.1) is 10.6 Å². The van der Waals surface area contributed by atoms with Crippen molar-refractivity contribution in [2.45, 2.75) is 12.8 Å². The number of hydrogen-bond donors (Lipinski definition) is 2.